The molecule has 12 aromatic rings. The van der Waals surface area contributed by atoms with Crippen LogP contribution in [0.15, 0.2) is 115 Å². The molecule has 27 N–H and O–H groups in total. The van der Waals surface area contributed by atoms with Gasteiger partial charge in [-0.25, -0.2) is 53.1 Å². The number of esters is 9. The van der Waals surface area contributed by atoms with Crippen LogP contribution in [0.1, 0.15) is 93.2 Å². The van der Waals surface area contributed by atoms with Gasteiger partial charge in [0, 0.05) is 34.4 Å². The molecule has 0 saturated carbocycles. The molecule has 4 aliphatic heterocycles. The Balaban J connectivity index is 0.863. The maximum atomic E-state index is 15.8. The van der Waals surface area contributed by atoms with Crippen molar-refractivity contribution in [2.75, 3.05) is 13.2 Å². The highest BCUT2D eigenvalue weighted by atomic mass is 16.8. The third-order valence-corrected chi connectivity index (χ3v) is 21.5. The SMILES string of the molecule is O=C(OC[C@H]1O[C@@H](OC(=O)c2cc(O)c(O)c(O)c2)[C@H](Oc2cc(O)c(O)c(O)c2Oc2cc3c(c(O)c2O)-c2c(cc(O)c(O)c2O)C(=O)O[C@@H]2[C@H]4OC(=O)c5cc(O)c(O)c(O)c5-c5c(cc6nc7ccccc7nc6c5O)C(=O)O[C@@H]2[C@@H](COC3=O)O[C@H]4OC(=O)c2cc(O)c(O)c(O)c2)[C@@H](OC(=O)c2cc(O)c(O)c(O)c2)[C@@H]1OC(=O)c1cc(O)c(O)c(O)c1)c1cc(O)c(O)c(O)c1. The molecule has 1 aromatic heterocycles. The number of carbonyl (C=O) groups excluding carboxylic acids is 9. The molecule has 51 heteroatoms. The summed E-state index contributed by atoms with van der Waals surface area (Å²) < 4.78 is 76.7. The van der Waals surface area contributed by atoms with Crippen LogP contribution in [0.4, 0.5) is 0 Å². The summed E-state index contributed by atoms with van der Waals surface area (Å²) in [6.45, 7) is -3.17. The van der Waals surface area contributed by atoms with Crippen molar-refractivity contribution in [3.8, 4) is 195 Å². The number of aromatic hydroxyl groups is 27. The van der Waals surface area contributed by atoms with E-state index in [2.05, 4.69) is 9.97 Å². The maximum Gasteiger partial charge on any atom is 0.340 e. The van der Waals surface area contributed by atoms with E-state index in [1.165, 1.54) is 24.3 Å². The van der Waals surface area contributed by atoms with Crippen molar-refractivity contribution < 1.29 is 243 Å². The van der Waals surface area contributed by atoms with Gasteiger partial charge < -0.3 is 199 Å². The molecule has 0 amide bonds. The molecule has 4 bridgehead atoms. The summed E-state index contributed by atoms with van der Waals surface area (Å²) in [5, 5.41) is 299. The van der Waals surface area contributed by atoms with Crippen LogP contribution in [0.3, 0.4) is 0 Å². The standard InChI is InChI=1S/C87H60N2O49/c90-34-5-22(6-35(91)56(34)103)77(117)126-20-49-71(132-78(118)23-7-36(92)57(104)37(93)8-23)73(134-79(119)24-9-38(94)58(105)39(95)10-24)75(86(130-49)137-80(120)25-11-40(96)59(106)41(97)12-25)129-48-19-46(102)63(110)69(116)70(48)128-47-18-30-54(68(115)64(47)111)53-29(17-45(101)62(109)67(53)114)84(124)135-74-72-50(21-127-82(30)122)131-87(138-81(121)26-13-42(98)60(107)43(99)14-26)76(74)136-85(125)28-16-44(100)61(108)66(113)52(28)51-27(83(123)133-72)15-33-55(65(51)112)89-32-4-2-1-3-31(32)88-33/h1-19,49-50,71-76,86-87,90-116H,20-21H2/t49-,50-,71-,72-,73+,74+,75-,76-,86+,87+/m1/s1. The lowest BCUT2D eigenvalue weighted by Gasteiger charge is -2.44. The molecule has 0 radical (unpaired) electrons. The van der Waals surface area contributed by atoms with E-state index in [0.717, 1.165) is 6.07 Å². The minimum atomic E-state index is -3.00. The lowest BCUT2D eigenvalue weighted by Crippen LogP contribution is -2.64. The van der Waals surface area contributed by atoms with Crippen molar-refractivity contribution in [1.29, 1.82) is 0 Å². The molecular weight excluding hydrogens is 1860 g/mol. The lowest BCUT2D eigenvalue weighted by molar-refractivity contribution is -0.282. The van der Waals surface area contributed by atoms with Crippen LogP contribution < -0.4 is 9.47 Å². The number of carbonyl (C=O) groups is 9. The molecule has 4 aliphatic rings. The summed E-state index contributed by atoms with van der Waals surface area (Å²) in [5.41, 5.74) is -16.0. The first-order valence-electron chi connectivity index (χ1n) is 38.8. The molecule has 2 fully saturated rings. The summed E-state index contributed by atoms with van der Waals surface area (Å²) >= 11 is 0. The fourth-order valence-electron chi connectivity index (χ4n) is 14.8. The van der Waals surface area contributed by atoms with E-state index >= 15 is 19.2 Å². The van der Waals surface area contributed by atoms with E-state index in [0.29, 0.717) is 66.7 Å². The number of hydrogen-bond donors (Lipinski definition) is 27. The van der Waals surface area contributed by atoms with Gasteiger partial charge >= 0.3 is 53.7 Å². The molecule has 0 unspecified atom stereocenters. The smallest absolute Gasteiger partial charge is 0.340 e. The summed E-state index contributed by atoms with van der Waals surface area (Å²) in [6, 6.07) is 11.9. The third-order valence-electron chi connectivity index (χ3n) is 21.5. The van der Waals surface area contributed by atoms with E-state index in [1.54, 1.807) is 0 Å². The first kappa shape index (κ1) is 91.7. The fourth-order valence-corrected chi connectivity index (χ4v) is 14.8. The molecule has 10 atom stereocenters. The van der Waals surface area contributed by atoms with Crippen molar-refractivity contribution in [3.05, 3.63) is 165 Å². The molecule has 138 heavy (non-hydrogen) atoms. The number of ether oxygens (including phenoxy) is 13. The summed E-state index contributed by atoms with van der Waals surface area (Å²) in [6.07, 6.45) is -28.0. The molecule has 51 nitrogen and oxygen atoms in total. The lowest BCUT2D eigenvalue weighted by atomic mass is 9.91. The number of benzene rings is 11. The number of phenols is 27. The van der Waals surface area contributed by atoms with Crippen LogP contribution in [-0.4, -0.2) is 276 Å². The number of rotatable bonds is 15. The first-order chi connectivity index (χ1) is 65.3. The molecule has 5 heterocycles. The molecule has 0 spiro atoms. The number of nitrogens with zero attached hydrogens (tertiary/aromatic N) is 2. The molecule has 16 rings (SSSR count). The van der Waals surface area contributed by atoms with Gasteiger partial charge in [-0.05, 0) is 91.0 Å². The van der Waals surface area contributed by atoms with E-state index < -0.39 is 384 Å². The second kappa shape index (κ2) is 34.6. The van der Waals surface area contributed by atoms with Gasteiger partial charge in [0.15, 0.2) is 162 Å². The number of cyclic esters (lactones) is 1. The molecule has 0 aliphatic carbocycles. The number of hydrogen-bond acceptors (Lipinski definition) is 51. The van der Waals surface area contributed by atoms with Crippen molar-refractivity contribution in [2.45, 2.75) is 61.4 Å². The second-order valence-electron chi connectivity index (χ2n) is 30.1. The van der Waals surface area contributed by atoms with E-state index in [9.17, 15) is 162 Å². The average Bonchev–Trinajstić information content (AvgIpc) is 1.14. The van der Waals surface area contributed by atoms with Crippen LogP contribution >= 0.6 is 0 Å². The fraction of sp³-hybridized carbons (Fsp3) is 0.138. The quantitative estimate of drug-likeness (QED) is 0.0255. The summed E-state index contributed by atoms with van der Waals surface area (Å²) in [4.78, 5) is 144. The summed E-state index contributed by atoms with van der Waals surface area (Å²) in [5.74, 6) is -60.4. The zero-order chi connectivity index (χ0) is 99.6. The Morgan fingerprint density at radius 2 is 0.674 bits per heavy atom. The van der Waals surface area contributed by atoms with Crippen LogP contribution in [-0.2, 0) is 52.1 Å². The largest absolute Gasteiger partial charge is 0.505 e. The molecule has 712 valence electrons. The normalized spacial score (nSPS) is 18.9. The predicted octanol–water partition coefficient (Wildman–Crippen LogP) is 5.64. The van der Waals surface area contributed by atoms with Crippen LogP contribution in [0.2, 0.25) is 0 Å². The highest BCUT2D eigenvalue weighted by molar-refractivity contribution is 6.13. The molecular formula is C87H60N2O49. The van der Waals surface area contributed by atoms with Gasteiger partial charge in [-0.2, -0.15) is 0 Å². The number of fused-ring (bicyclic) bond motifs is 8. The number of para-hydroxylation sites is 2. The van der Waals surface area contributed by atoms with Gasteiger partial charge in [-0.3, -0.25) is 0 Å². The van der Waals surface area contributed by atoms with Crippen LogP contribution in [0.5, 0.6) is 172 Å². The van der Waals surface area contributed by atoms with Gasteiger partial charge in [0.25, 0.3) is 0 Å². The molecule has 11 aromatic carbocycles. The monoisotopic (exact) mass is 1920 g/mol. The number of phenolic OH excluding ortho intramolecular Hbond substituents is 27. The van der Waals surface area contributed by atoms with Gasteiger partial charge in [-0.15, -0.1) is 0 Å². The minimum Gasteiger partial charge on any atom is -0.505 e. The van der Waals surface area contributed by atoms with Crippen molar-refractivity contribution in [3.63, 3.8) is 0 Å². The zero-order valence-electron chi connectivity index (χ0n) is 68.1. The van der Waals surface area contributed by atoms with Crippen LogP contribution in [0.25, 0.3) is 44.3 Å². The minimum absolute atomic E-state index is 0.0496. The Bertz CT molecular complexity index is 7180. The van der Waals surface area contributed by atoms with Gasteiger partial charge in [0.1, 0.15) is 30.9 Å². The summed E-state index contributed by atoms with van der Waals surface area (Å²) in [7, 11) is 0. The first-order valence-corrected chi connectivity index (χ1v) is 38.8. The van der Waals surface area contributed by atoms with Gasteiger partial charge in [0.05, 0.1) is 66.6 Å². The maximum absolute atomic E-state index is 15.8. The predicted molar refractivity (Wildman–Crippen MR) is 437 cm³/mol. The van der Waals surface area contributed by atoms with Gasteiger partial charge in [-0.1, -0.05) is 12.1 Å². The van der Waals surface area contributed by atoms with Crippen molar-refractivity contribution in [1.82, 2.24) is 9.97 Å². The van der Waals surface area contributed by atoms with Crippen molar-refractivity contribution >= 4 is 75.8 Å². The van der Waals surface area contributed by atoms with E-state index in [4.69, 9.17) is 61.6 Å². The highest BCUT2D eigenvalue weighted by Crippen LogP contribution is 2.59. The zero-order valence-corrected chi connectivity index (χ0v) is 68.1. The third kappa shape index (κ3) is 16.2. The highest BCUT2D eigenvalue weighted by Gasteiger charge is 2.58. The number of aromatic nitrogens is 2. The van der Waals surface area contributed by atoms with Gasteiger partial charge in [0.2, 0.25) is 59.3 Å². The van der Waals surface area contributed by atoms with E-state index in [1.807, 2.05) is 0 Å². The molecule has 2 saturated heterocycles. The Labute approximate surface area is 760 Å². The van der Waals surface area contributed by atoms with Crippen LogP contribution in [0, 0.1) is 0 Å². The Morgan fingerprint density at radius 1 is 0.312 bits per heavy atom. The second-order valence-corrected chi connectivity index (χ2v) is 30.1. The Morgan fingerprint density at radius 3 is 1.14 bits per heavy atom. The Kier molecular flexibility index (Phi) is 23.0. The van der Waals surface area contributed by atoms with Crippen molar-refractivity contribution in [2.24, 2.45) is 0 Å². The van der Waals surface area contributed by atoms with E-state index in [-0.39, 0.29) is 29.2 Å². The average molecular weight is 1920 g/mol. The Hall–Kier alpha value is -19.6. The topological polar surface area (TPSA) is 846 Å².